The molecule has 0 aliphatic heterocycles. The van der Waals surface area contributed by atoms with Crippen molar-refractivity contribution >= 4 is 21.9 Å². The second kappa shape index (κ2) is 8.20. The quantitative estimate of drug-likeness (QED) is 0.531. The van der Waals surface area contributed by atoms with Crippen LogP contribution in [0.5, 0.6) is 17.2 Å². The second-order valence-corrected chi connectivity index (χ2v) is 6.45. The minimum atomic E-state index is -0.252. The van der Waals surface area contributed by atoms with E-state index in [1.165, 1.54) is 0 Å². The Morgan fingerprint density at radius 2 is 1.62 bits per heavy atom. The summed E-state index contributed by atoms with van der Waals surface area (Å²) in [5, 5.41) is 0. The van der Waals surface area contributed by atoms with Crippen molar-refractivity contribution in [2.75, 3.05) is 14.2 Å². The Labute approximate surface area is 150 Å². The number of aryl methyl sites for hydroxylation is 3. The van der Waals surface area contributed by atoms with Gasteiger partial charge in [-0.05, 0) is 61.2 Å². The summed E-state index contributed by atoms with van der Waals surface area (Å²) < 4.78 is 17.0. The van der Waals surface area contributed by atoms with Gasteiger partial charge in [0.1, 0.15) is 5.75 Å². The molecule has 0 aromatic heterocycles. The van der Waals surface area contributed by atoms with E-state index in [0.29, 0.717) is 30.1 Å². The molecule has 0 unspecified atom stereocenters. The molecular weight excluding hydrogens is 372 g/mol. The lowest BCUT2D eigenvalue weighted by atomic mass is 10.1. The summed E-state index contributed by atoms with van der Waals surface area (Å²) in [5.41, 5.74) is 2.86. The Morgan fingerprint density at radius 1 is 1.00 bits per heavy atom. The Kier molecular flexibility index (Phi) is 6.26. The Balaban J connectivity index is 2.01. The first-order valence-electron chi connectivity index (χ1n) is 7.63. The lowest BCUT2D eigenvalue weighted by Crippen LogP contribution is -2.11. The predicted molar refractivity (Wildman–Crippen MR) is 97.1 cm³/mol. The molecule has 2 rings (SSSR count). The highest BCUT2D eigenvalue weighted by atomic mass is 79.9. The smallest absolute Gasteiger partial charge is 0.311 e. The Hall–Kier alpha value is -2.01. The molecule has 128 valence electrons. The summed E-state index contributed by atoms with van der Waals surface area (Å²) in [5.74, 6) is 1.71. The molecule has 2 aromatic rings. The van der Waals surface area contributed by atoms with Crippen LogP contribution in [0.2, 0.25) is 0 Å². The first-order valence-corrected chi connectivity index (χ1v) is 8.42. The SMILES string of the molecule is COc1ccc(CCC(=O)Oc2c(C)cc(Br)cc2C)cc1OC. The zero-order valence-electron chi connectivity index (χ0n) is 14.3. The number of carbonyl (C=O) groups excluding carboxylic acids is 1. The molecule has 0 bridgehead atoms. The standard InChI is InChI=1S/C19H21BrO4/c1-12-9-15(20)10-13(2)19(12)24-18(21)8-6-14-5-7-16(22-3)17(11-14)23-4/h5,7,9-11H,6,8H2,1-4H3. The van der Waals surface area contributed by atoms with Crippen molar-refractivity contribution in [3.63, 3.8) is 0 Å². The first kappa shape index (κ1) is 18.3. The molecule has 0 radical (unpaired) electrons. The molecule has 0 saturated heterocycles. The molecule has 0 saturated carbocycles. The molecular formula is C19H21BrO4. The van der Waals surface area contributed by atoms with Crippen molar-refractivity contribution in [3.05, 3.63) is 51.5 Å². The average molecular weight is 393 g/mol. The summed E-state index contributed by atoms with van der Waals surface area (Å²) in [6.07, 6.45) is 0.873. The van der Waals surface area contributed by atoms with Crippen molar-refractivity contribution in [2.45, 2.75) is 26.7 Å². The zero-order valence-corrected chi connectivity index (χ0v) is 15.9. The number of hydrogen-bond donors (Lipinski definition) is 0. The van der Waals surface area contributed by atoms with Gasteiger partial charge in [0.2, 0.25) is 0 Å². The van der Waals surface area contributed by atoms with Crippen LogP contribution in [0, 0.1) is 13.8 Å². The third kappa shape index (κ3) is 4.51. The number of halogens is 1. The van der Waals surface area contributed by atoms with Crippen LogP contribution in [0.25, 0.3) is 0 Å². The fourth-order valence-electron chi connectivity index (χ4n) is 2.51. The molecule has 5 heteroatoms. The Morgan fingerprint density at radius 3 is 2.21 bits per heavy atom. The lowest BCUT2D eigenvalue weighted by Gasteiger charge is -2.12. The number of rotatable bonds is 6. The van der Waals surface area contributed by atoms with E-state index < -0.39 is 0 Å². The van der Waals surface area contributed by atoms with Gasteiger partial charge in [0, 0.05) is 10.9 Å². The summed E-state index contributed by atoms with van der Waals surface area (Å²) in [6, 6.07) is 9.50. The zero-order chi connectivity index (χ0) is 17.7. The van der Waals surface area contributed by atoms with E-state index in [2.05, 4.69) is 15.9 Å². The number of methoxy groups -OCH3 is 2. The van der Waals surface area contributed by atoms with Crippen LogP contribution >= 0.6 is 15.9 Å². The maximum Gasteiger partial charge on any atom is 0.311 e. The summed E-state index contributed by atoms with van der Waals surface area (Å²) in [7, 11) is 3.19. The number of esters is 1. The number of ether oxygens (including phenoxy) is 3. The van der Waals surface area contributed by atoms with Gasteiger partial charge in [-0.15, -0.1) is 0 Å². The molecule has 2 aromatic carbocycles. The normalized spacial score (nSPS) is 10.4. The van der Waals surface area contributed by atoms with Gasteiger partial charge < -0.3 is 14.2 Å². The van der Waals surface area contributed by atoms with Gasteiger partial charge in [-0.2, -0.15) is 0 Å². The van der Waals surface area contributed by atoms with Crippen molar-refractivity contribution < 1.29 is 19.0 Å². The molecule has 0 N–H and O–H groups in total. The van der Waals surface area contributed by atoms with Crippen molar-refractivity contribution in [3.8, 4) is 17.2 Å². The van der Waals surface area contributed by atoms with Crippen LogP contribution in [-0.2, 0) is 11.2 Å². The third-order valence-corrected chi connectivity index (χ3v) is 4.16. The van der Waals surface area contributed by atoms with E-state index in [-0.39, 0.29) is 5.97 Å². The van der Waals surface area contributed by atoms with Crippen LogP contribution in [0.15, 0.2) is 34.8 Å². The van der Waals surface area contributed by atoms with Crippen molar-refractivity contribution in [1.29, 1.82) is 0 Å². The molecule has 0 fully saturated rings. The molecule has 0 amide bonds. The molecule has 0 heterocycles. The fourth-order valence-corrected chi connectivity index (χ4v) is 3.19. The van der Waals surface area contributed by atoms with Crippen LogP contribution < -0.4 is 14.2 Å². The lowest BCUT2D eigenvalue weighted by molar-refractivity contribution is -0.134. The van der Waals surface area contributed by atoms with Gasteiger partial charge in [0.05, 0.1) is 14.2 Å². The molecule has 4 nitrogen and oxygen atoms in total. The second-order valence-electron chi connectivity index (χ2n) is 5.53. The summed E-state index contributed by atoms with van der Waals surface area (Å²) >= 11 is 3.44. The average Bonchev–Trinajstić information content (AvgIpc) is 2.55. The minimum absolute atomic E-state index is 0.252. The van der Waals surface area contributed by atoms with E-state index in [4.69, 9.17) is 14.2 Å². The van der Waals surface area contributed by atoms with Gasteiger partial charge >= 0.3 is 5.97 Å². The molecule has 0 aliphatic rings. The van der Waals surface area contributed by atoms with Gasteiger partial charge in [0.15, 0.2) is 11.5 Å². The highest BCUT2D eigenvalue weighted by Gasteiger charge is 2.12. The number of hydrogen-bond acceptors (Lipinski definition) is 4. The Bertz CT molecular complexity index is 717. The van der Waals surface area contributed by atoms with E-state index in [9.17, 15) is 4.79 Å². The van der Waals surface area contributed by atoms with Crippen LogP contribution in [-0.4, -0.2) is 20.2 Å². The first-order chi connectivity index (χ1) is 11.4. The minimum Gasteiger partial charge on any atom is -0.493 e. The monoisotopic (exact) mass is 392 g/mol. The van der Waals surface area contributed by atoms with Gasteiger partial charge in [-0.3, -0.25) is 4.79 Å². The largest absolute Gasteiger partial charge is 0.493 e. The summed E-state index contributed by atoms with van der Waals surface area (Å²) in [6.45, 7) is 3.85. The van der Waals surface area contributed by atoms with Crippen LogP contribution in [0.1, 0.15) is 23.1 Å². The maximum absolute atomic E-state index is 12.2. The van der Waals surface area contributed by atoms with Gasteiger partial charge in [-0.25, -0.2) is 0 Å². The highest BCUT2D eigenvalue weighted by Crippen LogP contribution is 2.29. The van der Waals surface area contributed by atoms with Gasteiger partial charge in [-0.1, -0.05) is 22.0 Å². The van der Waals surface area contributed by atoms with Crippen molar-refractivity contribution in [1.82, 2.24) is 0 Å². The van der Waals surface area contributed by atoms with E-state index in [1.807, 2.05) is 44.2 Å². The predicted octanol–water partition coefficient (Wildman–Crippen LogP) is 4.62. The van der Waals surface area contributed by atoms with Crippen LogP contribution in [0.4, 0.5) is 0 Å². The number of benzene rings is 2. The summed E-state index contributed by atoms with van der Waals surface area (Å²) in [4.78, 5) is 12.2. The molecule has 0 aliphatic carbocycles. The highest BCUT2D eigenvalue weighted by molar-refractivity contribution is 9.10. The molecule has 24 heavy (non-hydrogen) atoms. The van der Waals surface area contributed by atoms with E-state index >= 15 is 0 Å². The van der Waals surface area contributed by atoms with E-state index in [1.54, 1.807) is 14.2 Å². The molecule has 0 spiro atoms. The molecule has 0 atom stereocenters. The van der Waals surface area contributed by atoms with Gasteiger partial charge in [0.25, 0.3) is 0 Å². The van der Waals surface area contributed by atoms with Crippen LogP contribution in [0.3, 0.4) is 0 Å². The fraction of sp³-hybridized carbons (Fsp3) is 0.316. The van der Waals surface area contributed by atoms with E-state index in [0.717, 1.165) is 21.2 Å². The topological polar surface area (TPSA) is 44.8 Å². The third-order valence-electron chi connectivity index (χ3n) is 3.71. The number of carbonyl (C=O) groups is 1. The van der Waals surface area contributed by atoms with Crippen molar-refractivity contribution in [2.24, 2.45) is 0 Å². The maximum atomic E-state index is 12.2.